The van der Waals surface area contributed by atoms with Gasteiger partial charge in [0.15, 0.2) is 0 Å². The van der Waals surface area contributed by atoms with Crippen LogP contribution in [0.25, 0.3) is 0 Å². The maximum atomic E-state index is 13.1. The van der Waals surface area contributed by atoms with Gasteiger partial charge in [-0.25, -0.2) is 9.78 Å². The second kappa shape index (κ2) is 12.7. The number of likely N-dealkylation sites (tertiary alicyclic amines) is 1. The highest BCUT2D eigenvalue weighted by Gasteiger charge is 2.28. The van der Waals surface area contributed by atoms with Gasteiger partial charge < -0.3 is 15.1 Å². The van der Waals surface area contributed by atoms with E-state index in [2.05, 4.69) is 40.6 Å². The predicted molar refractivity (Wildman–Crippen MR) is 148 cm³/mol. The molecule has 2 saturated heterocycles. The molecule has 1 aromatic heterocycles. The Kier molecular flexibility index (Phi) is 8.89. The van der Waals surface area contributed by atoms with Crippen molar-refractivity contribution in [1.29, 1.82) is 0 Å². The monoisotopic (exact) mass is 521 g/mol. The van der Waals surface area contributed by atoms with Crippen LogP contribution in [0.1, 0.15) is 71.9 Å². The maximum Gasteiger partial charge on any atom is 0.317 e. The lowest BCUT2D eigenvalue weighted by atomic mass is 9.97. The first kappa shape index (κ1) is 25.9. The van der Waals surface area contributed by atoms with Gasteiger partial charge in [-0.2, -0.15) is 0 Å². The summed E-state index contributed by atoms with van der Waals surface area (Å²) in [7, 11) is 0. The van der Waals surface area contributed by atoms with Gasteiger partial charge in [0.1, 0.15) is 5.69 Å². The zero-order valence-corrected chi connectivity index (χ0v) is 22.6. The van der Waals surface area contributed by atoms with Crippen molar-refractivity contribution in [1.82, 2.24) is 25.0 Å². The number of thiazole rings is 1. The first-order chi connectivity index (χ1) is 18.2. The largest absolute Gasteiger partial charge is 0.338 e. The van der Waals surface area contributed by atoms with Crippen LogP contribution in [0.4, 0.5) is 4.79 Å². The number of hydrogen-bond donors (Lipinski definition) is 1. The number of aromatic nitrogens is 1. The molecule has 1 aromatic carbocycles. The van der Waals surface area contributed by atoms with Gasteiger partial charge in [0.25, 0.3) is 5.91 Å². The smallest absolute Gasteiger partial charge is 0.317 e. The molecule has 2 fully saturated rings. The molecular formula is C29H39N5O2S. The summed E-state index contributed by atoms with van der Waals surface area (Å²) in [6, 6.07) is 10.6. The van der Waals surface area contributed by atoms with Crippen molar-refractivity contribution in [3.8, 4) is 0 Å². The summed E-state index contributed by atoms with van der Waals surface area (Å²) in [5.41, 5.74) is 3.38. The number of nitrogens with one attached hydrogen (secondary N) is 1. The van der Waals surface area contributed by atoms with E-state index in [-0.39, 0.29) is 11.9 Å². The SMILES string of the molecule is O=C(NCCC1=CCCCC1)N1CCC(c2nc(C(=O)N3CCN(Cc4ccccc4)CC3)cs2)CC1. The Morgan fingerprint density at radius 1 is 0.973 bits per heavy atom. The molecule has 0 atom stereocenters. The summed E-state index contributed by atoms with van der Waals surface area (Å²) in [4.78, 5) is 36.7. The summed E-state index contributed by atoms with van der Waals surface area (Å²) in [5, 5.41) is 6.07. The van der Waals surface area contributed by atoms with E-state index in [9.17, 15) is 9.59 Å². The predicted octanol–water partition coefficient (Wildman–Crippen LogP) is 4.88. The number of carbonyl (C=O) groups excluding carboxylic acids is 2. The first-order valence-electron chi connectivity index (χ1n) is 13.9. The number of piperidine rings is 1. The molecule has 8 heteroatoms. The Labute approximate surface area is 224 Å². The van der Waals surface area contributed by atoms with E-state index in [0.29, 0.717) is 11.6 Å². The summed E-state index contributed by atoms with van der Waals surface area (Å²) in [6.45, 7) is 6.39. The highest BCUT2D eigenvalue weighted by atomic mass is 32.1. The Hall–Kier alpha value is -2.71. The standard InChI is InChI=1S/C29H39N5O2S/c35-28(33-19-17-32(18-20-33)21-24-9-5-2-6-10-24)26-22-37-27(31-26)25-12-15-34(16-13-25)29(36)30-14-11-23-7-3-1-4-8-23/h2,5-7,9-10,22,25H,1,3-4,8,11-21H2,(H,30,36). The lowest BCUT2D eigenvalue weighted by Crippen LogP contribution is -2.48. The molecule has 0 radical (unpaired) electrons. The number of allylic oxidation sites excluding steroid dienone is 1. The van der Waals surface area contributed by atoms with Crippen molar-refractivity contribution in [3.05, 3.63) is 63.6 Å². The van der Waals surface area contributed by atoms with Crippen LogP contribution in [0.2, 0.25) is 0 Å². The molecule has 1 aliphatic carbocycles. The zero-order chi connectivity index (χ0) is 25.5. The minimum absolute atomic E-state index is 0.0479. The molecule has 3 heterocycles. The molecule has 7 nitrogen and oxygen atoms in total. The summed E-state index contributed by atoms with van der Waals surface area (Å²) >= 11 is 1.60. The third kappa shape index (κ3) is 6.99. The van der Waals surface area contributed by atoms with Crippen molar-refractivity contribution in [2.75, 3.05) is 45.8 Å². The Morgan fingerprint density at radius 2 is 1.76 bits per heavy atom. The fourth-order valence-electron chi connectivity index (χ4n) is 5.59. The molecule has 2 aromatic rings. The van der Waals surface area contributed by atoms with Gasteiger partial charge in [0, 0.05) is 63.7 Å². The van der Waals surface area contributed by atoms with Gasteiger partial charge in [0.2, 0.25) is 0 Å². The molecule has 0 bridgehead atoms. The number of carbonyl (C=O) groups is 2. The second-order valence-corrected chi connectivity index (χ2v) is 11.4. The number of urea groups is 1. The molecule has 3 aliphatic rings. The van der Waals surface area contributed by atoms with Crippen molar-refractivity contribution in [3.63, 3.8) is 0 Å². The first-order valence-corrected chi connectivity index (χ1v) is 14.8. The van der Waals surface area contributed by atoms with Crippen molar-refractivity contribution in [2.45, 2.75) is 57.4 Å². The third-order valence-corrected chi connectivity index (χ3v) is 8.90. The normalized spacial score (nSPS) is 19.5. The summed E-state index contributed by atoms with van der Waals surface area (Å²) < 4.78 is 0. The van der Waals surface area contributed by atoms with Crippen molar-refractivity contribution < 1.29 is 9.59 Å². The fourth-order valence-corrected chi connectivity index (χ4v) is 6.55. The van der Waals surface area contributed by atoms with Crippen LogP contribution in [-0.4, -0.2) is 77.4 Å². The van der Waals surface area contributed by atoms with E-state index >= 15 is 0 Å². The Bertz CT molecular complexity index is 1070. The van der Waals surface area contributed by atoms with Crippen LogP contribution in [0.3, 0.4) is 0 Å². The van der Waals surface area contributed by atoms with Gasteiger partial charge in [0.05, 0.1) is 5.01 Å². The summed E-state index contributed by atoms with van der Waals surface area (Å²) in [6.07, 6.45) is 10.1. The van der Waals surface area contributed by atoms with E-state index in [1.54, 1.807) is 11.3 Å². The molecule has 3 amide bonds. The number of nitrogens with zero attached hydrogens (tertiary/aromatic N) is 4. The van der Waals surface area contributed by atoms with Crippen molar-refractivity contribution >= 4 is 23.3 Å². The number of amides is 3. The minimum atomic E-state index is 0.0479. The van der Waals surface area contributed by atoms with Crippen LogP contribution >= 0.6 is 11.3 Å². The van der Waals surface area contributed by atoms with Crippen LogP contribution in [0.5, 0.6) is 0 Å². The van der Waals surface area contributed by atoms with Gasteiger partial charge in [-0.1, -0.05) is 42.0 Å². The topological polar surface area (TPSA) is 68.8 Å². The Balaban J connectivity index is 1.04. The van der Waals surface area contributed by atoms with E-state index in [0.717, 1.165) is 76.6 Å². The lowest BCUT2D eigenvalue weighted by Gasteiger charge is -2.34. The average Bonchev–Trinajstić information content (AvgIpc) is 3.45. The van der Waals surface area contributed by atoms with E-state index < -0.39 is 0 Å². The lowest BCUT2D eigenvalue weighted by molar-refractivity contribution is 0.0623. The molecule has 37 heavy (non-hydrogen) atoms. The van der Waals surface area contributed by atoms with Crippen LogP contribution < -0.4 is 5.32 Å². The van der Waals surface area contributed by atoms with Crippen LogP contribution in [0, 0.1) is 0 Å². The molecule has 2 aliphatic heterocycles. The van der Waals surface area contributed by atoms with Crippen LogP contribution in [0.15, 0.2) is 47.4 Å². The van der Waals surface area contributed by atoms with Gasteiger partial charge in [-0.15, -0.1) is 11.3 Å². The molecular weight excluding hydrogens is 482 g/mol. The average molecular weight is 522 g/mol. The highest BCUT2D eigenvalue weighted by Crippen LogP contribution is 2.31. The van der Waals surface area contributed by atoms with Gasteiger partial charge in [-0.05, 0) is 50.5 Å². The number of hydrogen-bond acceptors (Lipinski definition) is 5. The molecule has 198 valence electrons. The third-order valence-electron chi connectivity index (χ3n) is 7.89. The van der Waals surface area contributed by atoms with E-state index in [1.807, 2.05) is 21.2 Å². The Morgan fingerprint density at radius 3 is 2.49 bits per heavy atom. The summed E-state index contributed by atoms with van der Waals surface area (Å²) in [5.74, 6) is 0.373. The fraction of sp³-hybridized carbons (Fsp3) is 0.552. The molecule has 5 rings (SSSR count). The minimum Gasteiger partial charge on any atom is -0.338 e. The number of rotatable bonds is 7. The maximum absolute atomic E-state index is 13.1. The molecule has 0 unspecified atom stereocenters. The number of benzene rings is 1. The van der Waals surface area contributed by atoms with E-state index in [4.69, 9.17) is 4.98 Å². The number of piperazine rings is 1. The quantitative estimate of drug-likeness (QED) is 0.528. The zero-order valence-electron chi connectivity index (χ0n) is 21.7. The van der Waals surface area contributed by atoms with Gasteiger partial charge >= 0.3 is 6.03 Å². The second-order valence-electron chi connectivity index (χ2n) is 10.5. The van der Waals surface area contributed by atoms with Crippen molar-refractivity contribution in [2.24, 2.45) is 0 Å². The van der Waals surface area contributed by atoms with E-state index in [1.165, 1.54) is 36.8 Å². The highest BCUT2D eigenvalue weighted by molar-refractivity contribution is 7.09. The molecule has 0 saturated carbocycles. The van der Waals surface area contributed by atoms with Gasteiger partial charge in [-0.3, -0.25) is 9.69 Å². The van der Waals surface area contributed by atoms with Crippen LogP contribution in [-0.2, 0) is 6.54 Å². The molecule has 0 spiro atoms. The molecule has 1 N–H and O–H groups in total.